The molecule has 0 bridgehead atoms. The van der Waals surface area contributed by atoms with E-state index in [1.54, 1.807) is 18.9 Å². The quantitative estimate of drug-likeness (QED) is 0.642. The molecule has 6 heteroatoms. The molecule has 0 radical (unpaired) electrons. The van der Waals surface area contributed by atoms with Crippen LogP contribution in [0.4, 0.5) is 0 Å². The number of carbonyl (C=O) groups excluding carboxylic acids is 1. The van der Waals surface area contributed by atoms with Crippen LogP contribution in [0.15, 0.2) is 51.4 Å². The highest BCUT2D eigenvalue weighted by atomic mass is 79.9. The van der Waals surface area contributed by atoms with Gasteiger partial charge < -0.3 is 9.64 Å². The van der Waals surface area contributed by atoms with Gasteiger partial charge >= 0.3 is 0 Å². The number of ether oxygens (including phenoxy) is 1. The molecule has 1 aliphatic rings. The average Bonchev–Trinajstić information content (AvgIpc) is 3.04. The Morgan fingerprint density at radius 2 is 2.04 bits per heavy atom. The SMILES string of the molecule is COc1ccc(Br)cc1C1SCCN1C(=O)c1ccccc1Br. The molecule has 0 aromatic heterocycles. The molecule has 1 saturated heterocycles. The van der Waals surface area contributed by atoms with Gasteiger partial charge in [0, 0.05) is 26.8 Å². The molecule has 1 fully saturated rings. The van der Waals surface area contributed by atoms with Crippen molar-refractivity contribution in [1.29, 1.82) is 0 Å². The van der Waals surface area contributed by atoms with E-state index in [1.165, 1.54) is 0 Å². The van der Waals surface area contributed by atoms with Crippen molar-refractivity contribution in [2.45, 2.75) is 5.37 Å². The Balaban J connectivity index is 1.96. The molecule has 2 aromatic carbocycles. The molecule has 0 N–H and O–H groups in total. The Hall–Kier alpha value is -0.980. The summed E-state index contributed by atoms with van der Waals surface area (Å²) in [5.74, 6) is 1.75. The van der Waals surface area contributed by atoms with E-state index >= 15 is 0 Å². The topological polar surface area (TPSA) is 29.5 Å². The number of amides is 1. The van der Waals surface area contributed by atoms with E-state index in [-0.39, 0.29) is 11.3 Å². The van der Waals surface area contributed by atoms with Crippen LogP contribution in [0.5, 0.6) is 5.75 Å². The highest BCUT2D eigenvalue weighted by Gasteiger charge is 2.33. The molecule has 1 heterocycles. The van der Waals surface area contributed by atoms with Gasteiger partial charge in [-0.15, -0.1) is 11.8 Å². The van der Waals surface area contributed by atoms with Crippen molar-refractivity contribution in [3.63, 3.8) is 0 Å². The molecular formula is C17H15Br2NO2S. The lowest BCUT2D eigenvalue weighted by Gasteiger charge is -2.26. The van der Waals surface area contributed by atoms with Gasteiger partial charge in [-0.25, -0.2) is 0 Å². The summed E-state index contributed by atoms with van der Waals surface area (Å²) < 4.78 is 7.29. The van der Waals surface area contributed by atoms with E-state index < -0.39 is 0 Å². The number of nitrogens with zero attached hydrogens (tertiary/aromatic N) is 1. The molecule has 1 amide bonds. The number of hydrogen-bond donors (Lipinski definition) is 0. The first-order chi connectivity index (χ1) is 11.1. The first-order valence-corrected chi connectivity index (χ1v) is 9.76. The van der Waals surface area contributed by atoms with Crippen LogP contribution in [0.25, 0.3) is 0 Å². The Morgan fingerprint density at radius 1 is 1.26 bits per heavy atom. The van der Waals surface area contributed by atoms with Crippen LogP contribution >= 0.6 is 43.6 Å². The monoisotopic (exact) mass is 455 g/mol. The smallest absolute Gasteiger partial charge is 0.256 e. The standard InChI is InChI=1S/C17H15Br2NO2S/c1-22-15-7-6-11(18)10-13(15)17-20(8-9-23-17)16(21)12-4-2-3-5-14(12)19/h2-7,10,17H,8-9H2,1H3. The van der Waals surface area contributed by atoms with Crippen LogP contribution in [-0.4, -0.2) is 30.2 Å². The van der Waals surface area contributed by atoms with E-state index in [9.17, 15) is 4.79 Å². The molecule has 3 nitrogen and oxygen atoms in total. The van der Waals surface area contributed by atoms with Gasteiger partial charge in [-0.2, -0.15) is 0 Å². The number of halogens is 2. The summed E-state index contributed by atoms with van der Waals surface area (Å²) in [7, 11) is 1.66. The summed E-state index contributed by atoms with van der Waals surface area (Å²) in [5, 5.41) is -0.0398. The zero-order valence-corrected chi connectivity index (χ0v) is 16.4. The molecule has 1 aliphatic heterocycles. The number of benzene rings is 2. The number of methoxy groups -OCH3 is 1. The Morgan fingerprint density at radius 3 is 2.78 bits per heavy atom. The van der Waals surface area contributed by atoms with Gasteiger partial charge in [0.2, 0.25) is 0 Å². The van der Waals surface area contributed by atoms with E-state index in [4.69, 9.17) is 4.74 Å². The summed E-state index contributed by atoms with van der Waals surface area (Å²) >= 11 is 8.74. The minimum atomic E-state index is -0.0398. The maximum atomic E-state index is 13.0. The lowest BCUT2D eigenvalue weighted by atomic mass is 10.1. The fraction of sp³-hybridized carbons (Fsp3) is 0.235. The predicted octanol–water partition coefficient (Wildman–Crippen LogP) is 5.11. The number of thioether (sulfide) groups is 1. The van der Waals surface area contributed by atoms with Crippen LogP contribution in [0.3, 0.4) is 0 Å². The van der Waals surface area contributed by atoms with Gasteiger partial charge in [-0.05, 0) is 46.3 Å². The van der Waals surface area contributed by atoms with Crippen molar-refractivity contribution in [3.05, 3.63) is 62.5 Å². The molecule has 23 heavy (non-hydrogen) atoms. The Labute approximate surface area is 156 Å². The second kappa shape index (κ2) is 7.28. The van der Waals surface area contributed by atoms with Crippen molar-refractivity contribution in [3.8, 4) is 5.75 Å². The van der Waals surface area contributed by atoms with Crippen molar-refractivity contribution in [1.82, 2.24) is 4.90 Å². The third-order valence-electron chi connectivity index (χ3n) is 3.71. The third-order valence-corrected chi connectivity index (χ3v) is 6.14. The second-order valence-corrected chi connectivity index (χ2v) is 8.05. The van der Waals surface area contributed by atoms with Gasteiger partial charge in [0.05, 0.1) is 12.7 Å². The minimum absolute atomic E-state index is 0.0366. The molecule has 1 atom stereocenters. The first kappa shape index (κ1) is 16.9. The molecular weight excluding hydrogens is 442 g/mol. The van der Waals surface area contributed by atoms with Crippen molar-refractivity contribution in [2.75, 3.05) is 19.4 Å². The van der Waals surface area contributed by atoms with Crippen LogP contribution in [0, 0.1) is 0 Å². The van der Waals surface area contributed by atoms with Gasteiger partial charge in [-0.1, -0.05) is 28.1 Å². The molecule has 0 saturated carbocycles. The van der Waals surface area contributed by atoms with Crippen molar-refractivity contribution >= 4 is 49.5 Å². The molecule has 1 unspecified atom stereocenters. The Bertz CT molecular complexity index is 738. The molecule has 0 spiro atoms. The zero-order chi connectivity index (χ0) is 16.4. The van der Waals surface area contributed by atoms with E-state index in [1.807, 2.05) is 47.4 Å². The van der Waals surface area contributed by atoms with E-state index in [2.05, 4.69) is 31.9 Å². The Kier molecular flexibility index (Phi) is 5.34. The molecule has 2 aromatic rings. The van der Waals surface area contributed by atoms with Gasteiger partial charge in [0.25, 0.3) is 5.91 Å². The fourth-order valence-corrected chi connectivity index (χ4v) is 4.73. The van der Waals surface area contributed by atoms with Crippen LogP contribution in [-0.2, 0) is 0 Å². The molecule has 3 rings (SSSR count). The number of hydrogen-bond acceptors (Lipinski definition) is 3. The highest BCUT2D eigenvalue weighted by molar-refractivity contribution is 9.10. The minimum Gasteiger partial charge on any atom is -0.496 e. The van der Waals surface area contributed by atoms with Crippen molar-refractivity contribution in [2.24, 2.45) is 0 Å². The van der Waals surface area contributed by atoms with Crippen LogP contribution in [0.1, 0.15) is 21.3 Å². The predicted molar refractivity (Wildman–Crippen MR) is 101 cm³/mol. The first-order valence-electron chi connectivity index (χ1n) is 7.12. The highest BCUT2D eigenvalue weighted by Crippen LogP contribution is 2.43. The van der Waals surface area contributed by atoms with Gasteiger partial charge in [0.1, 0.15) is 11.1 Å². The van der Waals surface area contributed by atoms with Crippen LogP contribution in [0.2, 0.25) is 0 Å². The summed E-state index contributed by atoms with van der Waals surface area (Å²) in [6.45, 7) is 0.727. The number of rotatable bonds is 3. The van der Waals surface area contributed by atoms with E-state index in [0.29, 0.717) is 5.56 Å². The summed E-state index contributed by atoms with van der Waals surface area (Å²) in [6, 6.07) is 13.4. The summed E-state index contributed by atoms with van der Waals surface area (Å²) in [6.07, 6.45) is 0. The van der Waals surface area contributed by atoms with Crippen LogP contribution < -0.4 is 4.74 Å². The average molecular weight is 457 g/mol. The largest absolute Gasteiger partial charge is 0.496 e. The van der Waals surface area contributed by atoms with E-state index in [0.717, 1.165) is 32.6 Å². The number of carbonyl (C=O) groups is 1. The second-order valence-electron chi connectivity index (χ2n) is 5.09. The lowest BCUT2D eigenvalue weighted by Crippen LogP contribution is -2.30. The third kappa shape index (κ3) is 3.44. The van der Waals surface area contributed by atoms with Crippen molar-refractivity contribution < 1.29 is 9.53 Å². The fourth-order valence-electron chi connectivity index (χ4n) is 2.62. The maximum absolute atomic E-state index is 13.0. The zero-order valence-electron chi connectivity index (χ0n) is 12.5. The van der Waals surface area contributed by atoms with Gasteiger partial charge in [0.15, 0.2) is 0 Å². The molecule has 0 aliphatic carbocycles. The summed E-state index contributed by atoms with van der Waals surface area (Å²) in [4.78, 5) is 14.9. The summed E-state index contributed by atoms with van der Waals surface area (Å²) in [5.41, 5.74) is 1.71. The lowest BCUT2D eigenvalue weighted by molar-refractivity contribution is 0.0758. The van der Waals surface area contributed by atoms with Gasteiger partial charge in [-0.3, -0.25) is 4.79 Å². The molecule has 120 valence electrons. The normalized spacial score (nSPS) is 17.3. The maximum Gasteiger partial charge on any atom is 0.256 e.